The molecule has 1 amide bonds. The smallest absolute Gasteiger partial charge is 0.220 e. The quantitative estimate of drug-likeness (QED) is 0.643. The summed E-state index contributed by atoms with van der Waals surface area (Å²) in [6, 6.07) is 0. The summed E-state index contributed by atoms with van der Waals surface area (Å²) < 4.78 is 0. The van der Waals surface area contributed by atoms with Crippen LogP contribution in [0.4, 0.5) is 0 Å². The van der Waals surface area contributed by atoms with Crippen molar-refractivity contribution in [2.45, 2.75) is 46.0 Å². The van der Waals surface area contributed by atoms with Crippen LogP contribution in [0.5, 0.6) is 0 Å². The van der Waals surface area contributed by atoms with Crippen molar-refractivity contribution in [1.29, 1.82) is 0 Å². The van der Waals surface area contributed by atoms with Crippen LogP contribution in [0.1, 0.15) is 46.0 Å². The van der Waals surface area contributed by atoms with Gasteiger partial charge in [0.1, 0.15) is 0 Å². The van der Waals surface area contributed by atoms with Crippen LogP contribution in [-0.2, 0) is 4.79 Å². The molecule has 0 aromatic rings. The van der Waals surface area contributed by atoms with Gasteiger partial charge < -0.3 is 15.7 Å². The zero-order valence-corrected chi connectivity index (χ0v) is 11.8. The molecule has 18 heavy (non-hydrogen) atoms. The molecule has 0 aromatic carbocycles. The van der Waals surface area contributed by atoms with Crippen molar-refractivity contribution in [2.24, 2.45) is 11.3 Å². The monoisotopic (exact) mass is 256 g/mol. The van der Waals surface area contributed by atoms with Crippen molar-refractivity contribution in [3.05, 3.63) is 0 Å². The molecular formula is C14H28N2O2. The Morgan fingerprint density at radius 3 is 2.67 bits per heavy atom. The topological polar surface area (TPSA) is 61.4 Å². The van der Waals surface area contributed by atoms with Crippen LogP contribution in [0.25, 0.3) is 0 Å². The number of amides is 1. The minimum atomic E-state index is 0.0759. The molecule has 0 spiro atoms. The van der Waals surface area contributed by atoms with E-state index in [0.29, 0.717) is 18.9 Å². The Bertz CT molecular complexity index is 248. The number of carbonyl (C=O) groups is 1. The van der Waals surface area contributed by atoms with Crippen LogP contribution in [0.2, 0.25) is 0 Å². The van der Waals surface area contributed by atoms with Gasteiger partial charge in [0, 0.05) is 19.6 Å². The van der Waals surface area contributed by atoms with Crippen molar-refractivity contribution in [1.82, 2.24) is 10.6 Å². The number of hydrogen-bond donors (Lipinski definition) is 3. The third kappa shape index (κ3) is 6.36. The molecule has 0 unspecified atom stereocenters. The molecular weight excluding hydrogens is 228 g/mol. The zero-order chi connectivity index (χ0) is 13.4. The van der Waals surface area contributed by atoms with Gasteiger partial charge in [-0.2, -0.15) is 0 Å². The van der Waals surface area contributed by atoms with E-state index in [0.717, 1.165) is 38.8 Å². The lowest BCUT2D eigenvalue weighted by molar-refractivity contribution is -0.122. The van der Waals surface area contributed by atoms with Crippen molar-refractivity contribution in [3.63, 3.8) is 0 Å². The Balaban J connectivity index is 2.19. The lowest BCUT2D eigenvalue weighted by Crippen LogP contribution is -2.36. The first-order valence-corrected chi connectivity index (χ1v) is 7.12. The second-order valence-electron chi connectivity index (χ2n) is 6.17. The second kappa shape index (κ2) is 7.74. The highest BCUT2D eigenvalue weighted by atomic mass is 16.2. The van der Waals surface area contributed by atoms with Gasteiger partial charge in [-0.1, -0.05) is 13.8 Å². The van der Waals surface area contributed by atoms with Crippen molar-refractivity contribution in [2.75, 3.05) is 26.2 Å². The summed E-state index contributed by atoms with van der Waals surface area (Å²) in [7, 11) is 0. The highest BCUT2D eigenvalue weighted by molar-refractivity contribution is 5.76. The van der Waals surface area contributed by atoms with Crippen molar-refractivity contribution >= 4 is 5.91 Å². The molecule has 0 radical (unpaired) electrons. The molecule has 1 heterocycles. The standard InChI is InChI=1S/C14H28N2O2/c1-14(2,6-3-9-17)11-16-13(18)10-12-4-7-15-8-5-12/h12,15,17H,3-11H2,1-2H3,(H,16,18). The van der Waals surface area contributed by atoms with E-state index < -0.39 is 0 Å². The molecule has 1 rings (SSSR count). The third-order valence-electron chi connectivity index (χ3n) is 3.71. The van der Waals surface area contributed by atoms with E-state index in [1.165, 1.54) is 0 Å². The van der Waals surface area contributed by atoms with Crippen molar-refractivity contribution < 1.29 is 9.90 Å². The minimum Gasteiger partial charge on any atom is -0.396 e. The summed E-state index contributed by atoms with van der Waals surface area (Å²) in [5.41, 5.74) is 0.0759. The molecule has 0 saturated carbocycles. The van der Waals surface area contributed by atoms with E-state index in [4.69, 9.17) is 5.11 Å². The number of carbonyl (C=O) groups excluding carboxylic acids is 1. The van der Waals surface area contributed by atoms with Crippen LogP contribution < -0.4 is 10.6 Å². The van der Waals surface area contributed by atoms with E-state index in [9.17, 15) is 4.79 Å². The maximum atomic E-state index is 11.9. The Morgan fingerprint density at radius 2 is 2.06 bits per heavy atom. The number of aliphatic hydroxyl groups is 1. The minimum absolute atomic E-state index is 0.0759. The van der Waals surface area contributed by atoms with Crippen LogP contribution >= 0.6 is 0 Å². The average molecular weight is 256 g/mol. The maximum Gasteiger partial charge on any atom is 0.220 e. The Labute approximate surface area is 111 Å². The Hall–Kier alpha value is -0.610. The summed E-state index contributed by atoms with van der Waals surface area (Å²) >= 11 is 0. The zero-order valence-electron chi connectivity index (χ0n) is 11.8. The molecule has 0 bridgehead atoms. The molecule has 4 heteroatoms. The van der Waals surface area contributed by atoms with Crippen LogP contribution in [0.3, 0.4) is 0 Å². The van der Waals surface area contributed by atoms with Gasteiger partial charge in [-0.15, -0.1) is 0 Å². The Kier molecular flexibility index (Phi) is 6.65. The molecule has 4 nitrogen and oxygen atoms in total. The molecule has 3 N–H and O–H groups in total. The van der Waals surface area contributed by atoms with Gasteiger partial charge in [-0.3, -0.25) is 4.79 Å². The normalized spacial score (nSPS) is 17.7. The number of piperidine rings is 1. The largest absolute Gasteiger partial charge is 0.396 e. The summed E-state index contributed by atoms with van der Waals surface area (Å²) in [4.78, 5) is 11.9. The van der Waals surface area contributed by atoms with Crippen LogP contribution in [-0.4, -0.2) is 37.3 Å². The Morgan fingerprint density at radius 1 is 1.39 bits per heavy atom. The number of rotatable bonds is 7. The van der Waals surface area contributed by atoms with Gasteiger partial charge in [0.05, 0.1) is 0 Å². The van der Waals surface area contributed by atoms with Crippen LogP contribution in [0, 0.1) is 11.3 Å². The van der Waals surface area contributed by atoms with Gasteiger partial charge in [0.15, 0.2) is 0 Å². The molecule has 106 valence electrons. The summed E-state index contributed by atoms with van der Waals surface area (Å²) in [5, 5.41) is 15.2. The molecule has 1 aliphatic rings. The predicted molar refractivity (Wildman–Crippen MR) is 73.3 cm³/mol. The second-order valence-corrected chi connectivity index (χ2v) is 6.17. The number of nitrogens with one attached hydrogen (secondary N) is 2. The summed E-state index contributed by atoms with van der Waals surface area (Å²) in [6.45, 7) is 7.28. The highest BCUT2D eigenvalue weighted by Crippen LogP contribution is 2.21. The number of hydrogen-bond acceptors (Lipinski definition) is 3. The highest BCUT2D eigenvalue weighted by Gasteiger charge is 2.20. The predicted octanol–water partition coefficient (Wildman–Crippen LogP) is 1.29. The third-order valence-corrected chi connectivity index (χ3v) is 3.71. The van der Waals surface area contributed by atoms with E-state index in [2.05, 4.69) is 24.5 Å². The lowest BCUT2D eigenvalue weighted by Gasteiger charge is -2.26. The fraction of sp³-hybridized carbons (Fsp3) is 0.929. The van der Waals surface area contributed by atoms with Gasteiger partial charge in [0.25, 0.3) is 0 Å². The number of aliphatic hydroxyl groups excluding tert-OH is 1. The first-order valence-electron chi connectivity index (χ1n) is 7.12. The first-order chi connectivity index (χ1) is 8.53. The molecule has 0 atom stereocenters. The molecule has 0 aliphatic carbocycles. The average Bonchev–Trinajstić information content (AvgIpc) is 2.36. The fourth-order valence-corrected chi connectivity index (χ4v) is 2.40. The van der Waals surface area contributed by atoms with E-state index in [-0.39, 0.29) is 17.9 Å². The summed E-state index contributed by atoms with van der Waals surface area (Å²) in [6.07, 6.45) is 4.63. The summed E-state index contributed by atoms with van der Waals surface area (Å²) in [5.74, 6) is 0.728. The van der Waals surface area contributed by atoms with E-state index in [1.54, 1.807) is 0 Å². The molecule has 1 aliphatic heterocycles. The molecule has 0 aromatic heterocycles. The molecule has 1 fully saturated rings. The van der Waals surface area contributed by atoms with E-state index >= 15 is 0 Å². The van der Waals surface area contributed by atoms with Gasteiger partial charge >= 0.3 is 0 Å². The van der Waals surface area contributed by atoms with E-state index in [1.807, 2.05) is 0 Å². The fourth-order valence-electron chi connectivity index (χ4n) is 2.40. The lowest BCUT2D eigenvalue weighted by atomic mass is 9.87. The van der Waals surface area contributed by atoms with Gasteiger partial charge in [0.2, 0.25) is 5.91 Å². The first kappa shape index (κ1) is 15.4. The SMILES string of the molecule is CC(C)(CCCO)CNC(=O)CC1CCNCC1. The van der Waals surface area contributed by atoms with Crippen LogP contribution in [0.15, 0.2) is 0 Å². The maximum absolute atomic E-state index is 11.9. The molecule has 1 saturated heterocycles. The van der Waals surface area contributed by atoms with Gasteiger partial charge in [-0.05, 0) is 50.1 Å². The van der Waals surface area contributed by atoms with Crippen molar-refractivity contribution in [3.8, 4) is 0 Å². The van der Waals surface area contributed by atoms with Gasteiger partial charge in [-0.25, -0.2) is 0 Å².